The number of aliphatic hydroxyl groups is 1. The molecule has 1 atom stereocenters. The highest BCUT2D eigenvalue weighted by molar-refractivity contribution is 5.82. The molecule has 1 aliphatic heterocycles. The van der Waals surface area contributed by atoms with Gasteiger partial charge >= 0.3 is 0 Å². The molecule has 0 aliphatic carbocycles. The predicted molar refractivity (Wildman–Crippen MR) is 105 cm³/mol. The van der Waals surface area contributed by atoms with Gasteiger partial charge in [0.1, 0.15) is 12.4 Å². The van der Waals surface area contributed by atoms with E-state index in [1.807, 2.05) is 31.2 Å². The molecule has 0 radical (unpaired) electrons. The summed E-state index contributed by atoms with van der Waals surface area (Å²) in [6.07, 6.45) is 0.488. The third-order valence-corrected chi connectivity index (χ3v) is 5.23. The Morgan fingerprint density at radius 3 is 2.50 bits per heavy atom. The highest BCUT2D eigenvalue weighted by Crippen LogP contribution is 2.24. The zero-order chi connectivity index (χ0) is 20.1. The van der Waals surface area contributed by atoms with Crippen molar-refractivity contribution in [1.82, 2.24) is 9.80 Å². The molecule has 0 aromatic heterocycles. The summed E-state index contributed by atoms with van der Waals surface area (Å²) in [5.74, 6) is -0.970. The summed E-state index contributed by atoms with van der Waals surface area (Å²) in [6.45, 7) is 3.16. The Bertz CT molecular complexity index is 838. The maximum Gasteiger partial charge on any atom is 0.248 e. The number of amides is 2. The van der Waals surface area contributed by atoms with Gasteiger partial charge in [-0.15, -0.1) is 0 Å². The lowest BCUT2D eigenvalue weighted by Crippen LogP contribution is -2.38. The fourth-order valence-corrected chi connectivity index (χ4v) is 3.64. The molecule has 3 rings (SSSR count). The van der Waals surface area contributed by atoms with Crippen LogP contribution < -0.4 is 0 Å². The fourth-order valence-electron chi connectivity index (χ4n) is 3.64. The average molecular weight is 384 g/mol. The van der Waals surface area contributed by atoms with Gasteiger partial charge in [0, 0.05) is 31.7 Å². The number of carbonyl (C=O) groups is 2. The van der Waals surface area contributed by atoms with Gasteiger partial charge in [-0.25, -0.2) is 4.39 Å². The monoisotopic (exact) mass is 384 g/mol. The van der Waals surface area contributed by atoms with Crippen molar-refractivity contribution in [3.05, 3.63) is 59.9 Å². The van der Waals surface area contributed by atoms with Gasteiger partial charge in [-0.1, -0.05) is 42.5 Å². The molecule has 1 heterocycles. The van der Waals surface area contributed by atoms with Crippen molar-refractivity contribution >= 4 is 11.8 Å². The van der Waals surface area contributed by atoms with Crippen molar-refractivity contribution in [1.29, 1.82) is 0 Å². The maximum atomic E-state index is 14.0. The summed E-state index contributed by atoms with van der Waals surface area (Å²) >= 11 is 0. The second-order valence-corrected chi connectivity index (χ2v) is 6.99. The molecule has 0 saturated carbocycles. The van der Waals surface area contributed by atoms with E-state index in [9.17, 15) is 19.1 Å². The Hall–Kier alpha value is -2.73. The lowest BCUT2D eigenvalue weighted by atomic mass is 9.95. The van der Waals surface area contributed by atoms with Gasteiger partial charge in [0.25, 0.3) is 0 Å². The van der Waals surface area contributed by atoms with E-state index < -0.39 is 6.61 Å². The highest BCUT2D eigenvalue weighted by Gasteiger charge is 2.31. The van der Waals surface area contributed by atoms with Gasteiger partial charge in [-0.05, 0) is 30.5 Å². The van der Waals surface area contributed by atoms with Crippen LogP contribution in [0.2, 0.25) is 0 Å². The van der Waals surface area contributed by atoms with Crippen molar-refractivity contribution in [2.75, 3.05) is 32.8 Å². The molecule has 1 aliphatic rings. The highest BCUT2D eigenvalue weighted by atomic mass is 19.1. The van der Waals surface area contributed by atoms with Gasteiger partial charge < -0.3 is 14.9 Å². The van der Waals surface area contributed by atoms with E-state index in [0.717, 1.165) is 11.1 Å². The molecule has 28 heavy (non-hydrogen) atoms. The summed E-state index contributed by atoms with van der Waals surface area (Å²) in [5, 5.41) is 9.18. The summed E-state index contributed by atoms with van der Waals surface area (Å²) < 4.78 is 14.0. The first-order chi connectivity index (χ1) is 13.5. The molecule has 1 fully saturated rings. The van der Waals surface area contributed by atoms with Crippen LogP contribution in [0.15, 0.2) is 48.5 Å². The Labute approximate surface area is 164 Å². The smallest absolute Gasteiger partial charge is 0.248 e. The molecule has 5 nitrogen and oxygen atoms in total. The quantitative estimate of drug-likeness (QED) is 0.861. The average Bonchev–Trinajstić information content (AvgIpc) is 2.87. The van der Waals surface area contributed by atoms with Crippen LogP contribution in [0.1, 0.15) is 12.5 Å². The number of hydrogen-bond donors (Lipinski definition) is 1. The molecular formula is C22H25FN2O3. The van der Waals surface area contributed by atoms with E-state index in [1.54, 1.807) is 28.0 Å². The molecule has 6 heteroatoms. The fraction of sp³-hybridized carbons (Fsp3) is 0.364. The minimum Gasteiger partial charge on any atom is -0.387 e. The second-order valence-electron chi connectivity index (χ2n) is 6.99. The zero-order valence-electron chi connectivity index (χ0n) is 16.0. The van der Waals surface area contributed by atoms with Crippen molar-refractivity contribution in [3.63, 3.8) is 0 Å². The Morgan fingerprint density at radius 2 is 1.86 bits per heavy atom. The second kappa shape index (κ2) is 8.97. The molecule has 0 unspecified atom stereocenters. The van der Waals surface area contributed by atoms with Gasteiger partial charge in [-0.2, -0.15) is 0 Å². The van der Waals surface area contributed by atoms with Crippen molar-refractivity contribution in [2.45, 2.75) is 13.3 Å². The number of likely N-dealkylation sites (N-methyl/N-ethyl adjacent to an activating group) is 1. The lowest BCUT2D eigenvalue weighted by molar-refractivity contribution is -0.135. The Morgan fingerprint density at radius 1 is 1.14 bits per heavy atom. The number of benzene rings is 2. The van der Waals surface area contributed by atoms with E-state index in [4.69, 9.17) is 0 Å². The standard InChI is InChI=1S/C22H25FN2O3/c1-2-24-11-12-25(21(27)15-26)14-18(22(24)28)13-16-7-9-17(10-8-16)19-5-3-4-6-20(19)23/h3-10,18,26H,2,11-15H2,1H3/t18-/m0/s1. The molecule has 1 saturated heterocycles. The van der Waals surface area contributed by atoms with Crippen LogP contribution in [-0.4, -0.2) is 59.5 Å². The van der Waals surface area contributed by atoms with E-state index in [1.165, 1.54) is 6.07 Å². The maximum absolute atomic E-state index is 14.0. The summed E-state index contributed by atoms with van der Waals surface area (Å²) in [6, 6.07) is 14.1. The lowest BCUT2D eigenvalue weighted by Gasteiger charge is -2.23. The molecular weight excluding hydrogens is 359 g/mol. The van der Waals surface area contributed by atoms with Crippen molar-refractivity contribution in [3.8, 4) is 11.1 Å². The number of halogens is 1. The number of rotatable bonds is 5. The first-order valence-corrected chi connectivity index (χ1v) is 9.54. The number of aliphatic hydroxyl groups excluding tert-OH is 1. The first-order valence-electron chi connectivity index (χ1n) is 9.54. The minimum atomic E-state index is -0.551. The van der Waals surface area contributed by atoms with Crippen molar-refractivity contribution < 1.29 is 19.1 Å². The third kappa shape index (κ3) is 4.39. The largest absolute Gasteiger partial charge is 0.387 e. The van der Waals surface area contributed by atoms with Gasteiger partial charge in [0.2, 0.25) is 11.8 Å². The van der Waals surface area contributed by atoms with E-state index in [2.05, 4.69) is 0 Å². The van der Waals surface area contributed by atoms with Crippen LogP contribution in [0.4, 0.5) is 4.39 Å². The van der Waals surface area contributed by atoms with Gasteiger partial charge in [0.15, 0.2) is 0 Å². The zero-order valence-corrected chi connectivity index (χ0v) is 16.0. The number of hydrogen-bond acceptors (Lipinski definition) is 3. The molecule has 2 aromatic rings. The first kappa shape index (κ1) is 20.0. The Kier molecular flexibility index (Phi) is 6.41. The van der Waals surface area contributed by atoms with Gasteiger partial charge in [-0.3, -0.25) is 9.59 Å². The Balaban J connectivity index is 1.78. The van der Waals surface area contributed by atoms with Crippen LogP contribution in [-0.2, 0) is 16.0 Å². The SMILES string of the molecule is CCN1CCN(C(=O)CO)C[C@H](Cc2ccc(-c3ccccc3F)cc2)C1=O. The normalized spacial score (nSPS) is 17.5. The van der Waals surface area contributed by atoms with E-state index in [0.29, 0.717) is 38.2 Å². The van der Waals surface area contributed by atoms with Crippen LogP contribution >= 0.6 is 0 Å². The van der Waals surface area contributed by atoms with Crippen LogP contribution in [0.25, 0.3) is 11.1 Å². The van der Waals surface area contributed by atoms with Gasteiger partial charge in [0.05, 0.1) is 5.92 Å². The predicted octanol–water partition coefficient (Wildman–Crippen LogP) is 2.33. The summed E-state index contributed by atoms with van der Waals surface area (Å²) in [7, 11) is 0. The van der Waals surface area contributed by atoms with Crippen LogP contribution in [0.5, 0.6) is 0 Å². The van der Waals surface area contributed by atoms with Crippen LogP contribution in [0.3, 0.4) is 0 Å². The van der Waals surface area contributed by atoms with Crippen LogP contribution in [0, 0.1) is 11.7 Å². The topological polar surface area (TPSA) is 60.9 Å². The van der Waals surface area contributed by atoms with E-state index in [-0.39, 0.29) is 23.5 Å². The molecule has 0 spiro atoms. The number of carbonyl (C=O) groups excluding carboxylic acids is 2. The molecule has 0 bridgehead atoms. The third-order valence-electron chi connectivity index (χ3n) is 5.23. The molecule has 2 amide bonds. The molecule has 148 valence electrons. The number of nitrogens with zero attached hydrogens (tertiary/aromatic N) is 2. The molecule has 1 N–H and O–H groups in total. The minimum absolute atomic E-state index is 0.0221. The molecule has 2 aromatic carbocycles. The summed E-state index contributed by atoms with van der Waals surface area (Å²) in [5.41, 5.74) is 2.27. The summed E-state index contributed by atoms with van der Waals surface area (Å²) in [4.78, 5) is 28.1. The van der Waals surface area contributed by atoms with E-state index >= 15 is 0 Å². The van der Waals surface area contributed by atoms with Crippen molar-refractivity contribution in [2.24, 2.45) is 5.92 Å².